The van der Waals surface area contributed by atoms with Gasteiger partial charge >= 0.3 is 0 Å². The van der Waals surface area contributed by atoms with Crippen molar-refractivity contribution in [1.82, 2.24) is 4.48 Å². The summed E-state index contributed by atoms with van der Waals surface area (Å²) in [4.78, 5) is 4.84. The standard InChI is InChI=1S/C16H19BN2OS/c1-10(2)14-9-21-16(18-14)6-11-8-19(17)15-7-12(20-3)4-5-13(11)15/h4-5,7-8,10,14H,6,9H2,1-3H3. The van der Waals surface area contributed by atoms with Crippen LogP contribution in [0.25, 0.3) is 10.9 Å². The lowest BCUT2D eigenvalue weighted by atomic mass is 10.1. The molecule has 2 radical (unpaired) electrons. The van der Waals surface area contributed by atoms with E-state index in [0.717, 1.165) is 23.4 Å². The summed E-state index contributed by atoms with van der Waals surface area (Å²) in [6.07, 6.45) is 2.86. The Bertz CT molecular complexity index is 693. The fraction of sp³-hybridized carbons (Fsp3) is 0.438. The highest BCUT2D eigenvalue weighted by Crippen LogP contribution is 2.29. The van der Waals surface area contributed by atoms with Crippen LogP contribution in [0, 0.1) is 5.92 Å². The van der Waals surface area contributed by atoms with E-state index in [1.165, 1.54) is 16.0 Å². The van der Waals surface area contributed by atoms with Crippen molar-refractivity contribution in [3.8, 4) is 5.75 Å². The Balaban J connectivity index is 1.90. The molecule has 1 atom stereocenters. The van der Waals surface area contributed by atoms with Crippen LogP contribution in [0.3, 0.4) is 0 Å². The number of nitrogens with zero attached hydrogens (tertiary/aromatic N) is 2. The minimum atomic E-state index is 0.455. The number of benzene rings is 1. The SMILES string of the molecule is [B]n1cc(CC2=NC(C(C)C)CS2)c2ccc(OC)cc21. The summed E-state index contributed by atoms with van der Waals surface area (Å²) in [5, 5.41) is 2.40. The van der Waals surface area contributed by atoms with E-state index >= 15 is 0 Å². The van der Waals surface area contributed by atoms with E-state index in [1.807, 2.05) is 30.1 Å². The lowest BCUT2D eigenvalue weighted by Gasteiger charge is -2.08. The van der Waals surface area contributed by atoms with Crippen LogP contribution in [0.1, 0.15) is 19.4 Å². The van der Waals surface area contributed by atoms with Crippen molar-refractivity contribution in [1.29, 1.82) is 0 Å². The molecule has 1 aliphatic heterocycles. The Morgan fingerprint density at radius 2 is 2.29 bits per heavy atom. The largest absolute Gasteiger partial charge is 0.497 e. The molecule has 2 heterocycles. The van der Waals surface area contributed by atoms with Gasteiger partial charge in [0.05, 0.1) is 18.2 Å². The van der Waals surface area contributed by atoms with Gasteiger partial charge in [-0.2, -0.15) is 0 Å². The lowest BCUT2D eigenvalue weighted by Crippen LogP contribution is -2.11. The third kappa shape index (κ3) is 2.84. The smallest absolute Gasteiger partial charge is 0.234 e. The fourth-order valence-corrected chi connectivity index (χ4v) is 3.90. The van der Waals surface area contributed by atoms with Gasteiger partial charge in [0.25, 0.3) is 0 Å². The van der Waals surface area contributed by atoms with Crippen LogP contribution in [0.15, 0.2) is 29.4 Å². The number of hydrogen-bond donors (Lipinski definition) is 0. The van der Waals surface area contributed by atoms with Crippen LogP contribution in [-0.4, -0.2) is 36.4 Å². The number of rotatable bonds is 4. The second-order valence-corrected chi connectivity index (χ2v) is 6.86. The summed E-state index contributed by atoms with van der Waals surface area (Å²) in [5.74, 6) is 2.53. The van der Waals surface area contributed by atoms with Crippen LogP contribution >= 0.6 is 11.8 Å². The van der Waals surface area contributed by atoms with Crippen molar-refractivity contribution < 1.29 is 4.74 Å². The third-order valence-corrected chi connectivity index (χ3v) is 5.06. The maximum absolute atomic E-state index is 6.06. The van der Waals surface area contributed by atoms with Gasteiger partial charge in [-0.15, -0.1) is 11.8 Å². The first-order valence-corrected chi connectivity index (χ1v) is 8.19. The molecule has 0 fully saturated rings. The summed E-state index contributed by atoms with van der Waals surface area (Å²) < 4.78 is 6.94. The van der Waals surface area contributed by atoms with Gasteiger partial charge < -0.3 is 9.21 Å². The van der Waals surface area contributed by atoms with Crippen molar-refractivity contribution >= 4 is 35.7 Å². The van der Waals surface area contributed by atoms with E-state index in [0.29, 0.717) is 12.0 Å². The van der Waals surface area contributed by atoms with E-state index < -0.39 is 0 Å². The summed E-state index contributed by atoms with van der Waals surface area (Å²) in [6.45, 7) is 4.46. The van der Waals surface area contributed by atoms with E-state index in [2.05, 4.69) is 19.9 Å². The molecule has 0 saturated heterocycles. The molecule has 0 bridgehead atoms. The minimum absolute atomic E-state index is 0.455. The van der Waals surface area contributed by atoms with E-state index in [1.54, 1.807) is 11.6 Å². The normalized spacial score (nSPS) is 18.5. The van der Waals surface area contributed by atoms with Crippen molar-refractivity contribution in [2.75, 3.05) is 12.9 Å². The highest BCUT2D eigenvalue weighted by molar-refractivity contribution is 8.14. The second kappa shape index (κ2) is 5.80. The fourth-order valence-electron chi connectivity index (χ4n) is 2.61. The number of fused-ring (bicyclic) bond motifs is 1. The van der Waals surface area contributed by atoms with Gasteiger partial charge in [-0.3, -0.25) is 4.99 Å². The molecule has 1 aliphatic rings. The predicted octanol–water partition coefficient (Wildman–Crippen LogP) is 3.29. The van der Waals surface area contributed by atoms with Gasteiger partial charge in [0.1, 0.15) is 5.75 Å². The van der Waals surface area contributed by atoms with Gasteiger partial charge in [-0.05, 0) is 29.8 Å². The quantitative estimate of drug-likeness (QED) is 0.810. The van der Waals surface area contributed by atoms with Gasteiger partial charge in [-0.25, -0.2) is 0 Å². The first kappa shape index (κ1) is 14.6. The molecule has 0 spiro atoms. The Labute approximate surface area is 131 Å². The van der Waals surface area contributed by atoms with Crippen molar-refractivity contribution in [2.45, 2.75) is 26.3 Å². The van der Waals surface area contributed by atoms with Crippen LogP contribution in [0.5, 0.6) is 5.75 Å². The average molecular weight is 298 g/mol. The molecule has 0 saturated carbocycles. The number of hydrogen-bond acceptors (Lipinski definition) is 3. The average Bonchev–Trinajstić information content (AvgIpc) is 3.05. The molecule has 21 heavy (non-hydrogen) atoms. The highest BCUT2D eigenvalue weighted by Gasteiger charge is 2.22. The first-order chi connectivity index (χ1) is 10.1. The van der Waals surface area contributed by atoms with Crippen molar-refractivity contribution in [2.24, 2.45) is 10.9 Å². The molecule has 5 heteroatoms. The molecule has 0 amide bonds. The summed E-state index contributed by atoms with van der Waals surface area (Å²) >= 11 is 1.87. The van der Waals surface area contributed by atoms with Crippen molar-refractivity contribution in [3.63, 3.8) is 0 Å². The third-order valence-electron chi connectivity index (χ3n) is 3.97. The molecule has 0 aliphatic carbocycles. The van der Waals surface area contributed by atoms with Gasteiger partial charge in [0.2, 0.25) is 7.98 Å². The molecule has 2 aromatic rings. The number of methoxy groups -OCH3 is 1. The molecule has 0 N–H and O–H groups in total. The topological polar surface area (TPSA) is 26.5 Å². The molecule has 1 unspecified atom stereocenters. The Kier molecular flexibility index (Phi) is 4.02. The summed E-state index contributed by atoms with van der Waals surface area (Å²) in [5.41, 5.74) is 2.22. The molecular weight excluding hydrogens is 279 g/mol. The van der Waals surface area contributed by atoms with Gasteiger partial charge in [0.15, 0.2) is 0 Å². The van der Waals surface area contributed by atoms with E-state index in [4.69, 9.17) is 17.7 Å². The maximum Gasteiger partial charge on any atom is 0.234 e. The summed E-state index contributed by atoms with van der Waals surface area (Å²) in [7, 11) is 7.73. The number of ether oxygens (including phenoxy) is 1. The molecule has 1 aromatic heterocycles. The molecular formula is C16H19BN2OS. The summed E-state index contributed by atoms with van der Waals surface area (Å²) in [6, 6.07) is 6.48. The number of aromatic nitrogens is 1. The monoisotopic (exact) mass is 298 g/mol. The van der Waals surface area contributed by atoms with Crippen molar-refractivity contribution in [3.05, 3.63) is 30.0 Å². The molecule has 1 aromatic carbocycles. The van der Waals surface area contributed by atoms with Crippen LogP contribution in [0.2, 0.25) is 0 Å². The van der Waals surface area contributed by atoms with E-state index in [-0.39, 0.29) is 0 Å². The van der Waals surface area contributed by atoms with Crippen LogP contribution in [-0.2, 0) is 6.42 Å². The Hall–Kier alpha value is -1.36. The zero-order valence-electron chi connectivity index (χ0n) is 12.7. The number of aliphatic imine (C=N–C) groups is 1. The Morgan fingerprint density at radius 1 is 1.48 bits per heavy atom. The second-order valence-electron chi connectivity index (χ2n) is 5.77. The maximum atomic E-state index is 6.06. The Morgan fingerprint density at radius 3 is 2.95 bits per heavy atom. The minimum Gasteiger partial charge on any atom is -0.497 e. The molecule has 108 valence electrons. The van der Waals surface area contributed by atoms with Crippen LogP contribution < -0.4 is 4.74 Å². The zero-order chi connectivity index (χ0) is 15.0. The van der Waals surface area contributed by atoms with Gasteiger partial charge in [-0.1, -0.05) is 13.8 Å². The molecule has 3 nitrogen and oxygen atoms in total. The predicted molar refractivity (Wildman–Crippen MR) is 91.9 cm³/mol. The first-order valence-electron chi connectivity index (χ1n) is 7.21. The van der Waals surface area contributed by atoms with Gasteiger partial charge in [0, 0.05) is 29.1 Å². The van der Waals surface area contributed by atoms with E-state index in [9.17, 15) is 0 Å². The lowest BCUT2D eigenvalue weighted by molar-refractivity contribution is 0.415. The zero-order valence-corrected chi connectivity index (χ0v) is 13.5. The van der Waals surface area contributed by atoms with Crippen LogP contribution in [0.4, 0.5) is 0 Å². The highest BCUT2D eigenvalue weighted by atomic mass is 32.2. The molecule has 3 rings (SSSR count). The number of thioether (sulfide) groups is 1.